The average molecular weight is 530 g/mol. The van der Waals surface area contributed by atoms with Gasteiger partial charge in [-0.1, -0.05) is 31.2 Å². The molecule has 2 rings (SSSR count). The molecule has 6 nitrogen and oxygen atoms in total. The number of guanidine groups is 1. The first kappa shape index (κ1) is 26.7. The van der Waals surface area contributed by atoms with Gasteiger partial charge in [-0.05, 0) is 70.7 Å². The van der Waals surface area contributed by atoms with E-state index in [0.717, 1.165) is 24.6 Å². The van der Waals surface area contributed by atoms with E-state index in [1.165, 1.54) is 31.5 Å². The standard InChI is InChI=1S/C23H39N5O.HI/c1-6-24-22(26-16-21(29)27-23(3,4)5)25-15-19-7-9-20(10-8-19)17-28-13-11-18(2)12-14-28;/h7-10,18H,6,11-17H2,1-5H3,(H,27,29)(H2,24,25,26);1H. The fourth-order valence-corrected chi connectivity index (χ4v) is 3.37. The maximum atomic E-state index is 12.0. The van der Waals surface area contributed by atoms with Crippen molar-refractivity contribution in [2.45, 2.75) is 66.1 Å². The summed E-state index contributed by atoms with van der Waals surface area (Å²) in [5.41, 5.74) is 2.29. The summed E-state index contributed by atoms with van der Waals surface area (Å²) in [6.07, 6.45) is 2.61. The number of aliphatic imine (C=N–C) groups is 1. The Morgan fingerprint density at radius 3 is 2.27 bits per heavy atom. The molecule has 1 aliphatic heterocycles. The highest BCUT2D eigenvalue weighted by Gasteiger charge is 2.16. The molecule has 1 heterocycles. The smallest absolute Gasteiger partial charge is 0.239 e. The molecular formula is C23H40IN5O. The molecule has 1 aromatic carbocycles. The minimum Gasteiger partial charge on any atom is -0.357 e. The van der Waals surface area contributed by atoms with Crippen molar-refractivity contribution in [2.24, 2.45) is 10.9 Å². The summed E-state index contributed by atoms with van der Waals surface area (Å²) in [6, 6.07) is 8.72. The van der Waals surface area contributed by atoms with Crippen molar-refractivity contribution in [1.29, 1.82) is 0 Å². The van der Waals surface area contributed by atoms with E-state index in [1.54, 1.807) is 0 Å². The molecule has 1 amide bonds. The van der Waals surface area contributed by atoms with Crippen LogP contribution in [0.2, 0.25) is 0 Å². The van der Waals surface area contributed by atoms with E-state index in [0.29, 0.717) is 12.5 Å². The predicted molar refractivity (Wildman–Crippen MR) is 136 cm³/mol. The monoisotopic (exact) mass is 529 g/mol. The van der Waals surface area contributed by atoms with Crippen LogP contribution in [0.5, 0.6) is 0 Å². The largest absolute Gasteiger partial charge is 0.357 e. The Kier molecular flexibility index (Phi) is 11.7. The molecule has 1 saturated heterocycles. The summed E-state index contributed by atoms with van der Waals surface area (Å²) in [6.45, 7) is 15.3. The van der Waals surface area contributed by atoms with Gasteiger partial charge in [0.05, 0.1) is 13.1 Å². The second-order valence-corrected chi connectivity index (χ2v) is 9.12. The molecule has 30 heavy (non-hydrogen) atoms. The number of nitrogens with one attached hydrogen (secondary N) is 3. The summed E-state index contributed by atoms with van der Waals surface area (Å²) in [5, 5.41) is 9.24. The zero-order valence-corrected chi connectivity index (χ0v) is 21.6. The van der Waals surface area contributed by atoms with Crippen LogP contribution in [0.3, 0.4) is 0 Å². The van der Waals surface area contributed by atoms with Crippen LogP contribution in [0.25, 0.3) is 0 Å². The molecule has 1 aliphatic rings. The fraction of sp³-hybridized carbons (Fsp3) is 0.652. The lowest BCUT2D eigenvalue weighted by Gasteiger charge is -2.30. The van der Waals surface area contributed by atoms with E-state index in [9.17, 15) is 4.79 Å². The van der Waals surface area contributed by atoms with Crippen molar-refractivity contribution in [1.82, 2.24) is 20.9 Å². The Bertz CT molecular complexity index is 661. The Balaban J connectivity index is 0.00000450. The molecule has 0 radical (unpaired) electrons. The molecule has 0 unspecified atom stereocenters. The number of hydrogen-bond donors (Lipinski definition) is 3. The van der Waals surface area contributed by atoms with Gasteiger partial charge in [-0.2, -0.15) is 0 Å². The first-order valence-electron chi connectivity index (χ1n) is 10.9. The van der Waals surface area contributed by atoms with Crippen molar-refractivity contribution in [3.63, 3.8) is 0 Å². The first-order chi connectivity index (χ1) is 13.7. The van der Waals surface area contributed by atoms with E-state index >= 15 is 0 Å². The zero-order valence-electron chi connectivity index (χ0n) is 19.3. The number of carbonyl (C=O) groups is 1. The number of halogens is 1. The molecule has 0 aliphatic carbocycles. The molecule has 3 N–H and O–H groups in total. The quantitative estimate of drug-likeness (QED) is 0.288. The third-order valence-electron chi connectivity index (χ3n) is 5.00. The minimum atomic E-state index is -0.234. The zero-order chi connectivity index (χ0) is 21.3. The number of hydrogen-bond acceptors (Lipinski definition) is 3. The van der Waals surface area contributed by atoms with E-state index in [-0.39, 0.29) is 42.0 Å². The van der Waals surface area contributed by atoms with Gasteiger partial charge in [0.1, 0.15) is 0 Å². The minimum absolute atomic E-state index is 0. The van der Waals surface area contributed by atoms with Crippen LogP contribution >= 0.6 is 24.0 Å². The third-order valence-corrected chi connectivity index (χ3v) is 5.00. The molecule has 0 bridgehead atoms. The van der Waals surface area contributed by atoms with Crippen molar-refractivity contribution in [2.75, 3.05) is 26.2 Å². The number of carbonyl (C=O) groups excluding carboxylic acids is 1. The Morgan fingerprint density at radius 2 is 1.70 bits per heavy atom. The number of nitrogens with zero attached hydrogens (tertiary/aromatic N) is 2. The fourth-order valence-electron chi connectivity index (χ4n) is 3.37. The number of benzene rings is 1. The normalized spacial score (nSPS) is 16.0. The van der Waals surface area contributed by atoms with Crippen molar-refractivity contribution < 1.29 is 4.79 Å². The van der Waals surface area contributed by atoms with Gasteiger partial charge in [0.15, 0.2) is 5.96 Å². The van der Waals surface area contributed by atoms with Crippen molar-refractivity contribution >= 4 is 35.8 Å². The maximum absolute atomic E-state index is 12.0. The van der Waals surface area contributed by atoms with Gasteiger partial charge in [-0.15, -0.1) is 24.0 Å². The lowest BCUT2D eigenvalue weighted by Crippen LogP contribution is -2.48. The number of amides is 1. The SMILES string of the molecule is CCNC(=NCc1ccc(CN2CCC(C)CC2)cc1)NCC(=O)NC(C)(C)C.I. The van der Waals surface area contributed by atoms with Crippen LogP contribution in [-0.4, -0.2) is 48.5 Å². The topological polar surface area (TPSA) is 68.8 Å². The highest BCUT2D eigenvalue weighted by Crippen LogP contribution is 2.18. The second kappa shape index (κ2) is 13.1. The molecule has 170 valence electrons. The molecule has 0 atom stereocenters. The van der Waals surface area contributed by atoms with E-state index < -0.39 is 0 Å². The van der Waals surface area contributed by atoms with Gasteiger partial charge in [-0.25, -0.2) is 4.99 Å². The molecule has 1 fully saturated rings. The molecule has 7 heteroatoms. The summed E-state index contributed by atoms with van der Waals surface area (Å²) < 4.78 is 0. The summed E-state index contributed by atoms with van der Waals surface area (Å²) in [7, 11) is 0. The Labute approximate surface area is 199 Å². The lowest BCUT2D eigenvalue weighted by atomic mass is 9.99. The summed E-state index contributed by atoms with van der Waals surface area (Å²) in [5.74, 6) is 1.48. The van der Waals surface area contributed by atoms with Gasteiger partial charge < -0.3 is 16.0 Å². The predicted octanol–water partition coefficient (Wildman–Crippen LogP) is 3.51. The van der Waals surface area contributed by atoms with E-state index in [1.807, 2.05) is 27.7 Å². The van der Waals surface area contributed by atoms with Crippen LogP contribution in [-0.2, 0) is 17.9 Å². The average Bonchev–Trinajstić information content (AvgIpc) is 2.65. The van der Waals surface area contributed by atoms with Crippen molar-refractivity contribution in [3.8, 4) is 0 Å². The third kappa shape index (κ3) is 10.6. The molecule has 0 aromatic heterocycles. The van der Waals surface area contributed by atoms with Crippen LogP contribution < -0.4 is 16.0 Å². The highest BCUT2D eigenvalue weighted by molar-refractivity contribution is 14.0. The van der Waals surface area contributed by atoms with E-state index in [2.05, 4.69) is 57.0 Å². The van der Waals surface area contributed by atoms with Gasteiger partial charge in [0.2, 0.25) is 5.91 Å². The molecule has 0 spiro atoms. The van der Waals surface area contributed by atoms with Crippen molar-refractivity contribution in [3.05, 3.63) is 35.4 Å². The Morgan fingerprint density at radius 1 is 1.10 bits per heavy atom. The van der Waals surface area contributed by atoms with Crippen LogP contribution in [0.15, 0.2) is 29.3 Å². The number of rotatable bonds is 7. The molecule has 1 aromatic rings. The summed E-state index contributed by atoms with van der Waals surface area (Å²) in [4.78, 5) is 19.2. The summed E-state index contributed by atoms with van der Waals surface area (Å²) >= 11 is 0. The second-order valence-electron chi connectivity index (χ2n) is 9.12. The van der Waals surface area contributed by atoms with E-state index in [4.69, 9.17) is 0 Å². The van der Waals surface area contributed by atoms with Gasteiger partial charge in [0, 0.05) is 18.6 Å². The van der Waals surface area contributed by atoms with Gasteiger partial charge in [0.25, 0.3) is 0 Å². The maximum Gasteiger partial charge on any atom is 0.239 e. The molecule has 0 saturated carbocycles. The Hall–Kier alpha value is -1.35. The van der Waals surface area contributed by atoms with Crippen LogP contribution in [0.1, 0.15) is 58.6 Å². The van der Waals surface area contributed by atoms with Gasteiger partial charge in [-0.3, -0.25) is 9.69 Å². The molecular weight excluding hydrogens is 489 g/mol. The van der Waals surface area contributed by atoms with Gasteiger partial charge >= 0.3 is 0 Å². The lowest BCUT2D eigenvalue weighted by molar-refractivity contribution is -0.121. The van der Waals surface area contributed by atoms with Crippen LogP contribution in [0.4, 0.5) is 0 Å². The van der Waals surface area contributed by atoms with Crippen LogP contribution in [0, 0.1) is 5.92 Å². The number of piperidine rings is 1. The first-order valence-corrected chi connectivity index (χ1v) is 10.9. The highest BCUT2D eigenvalue weighted by atomic mass is 127. The number of likely N-dealkylation sites (tertiary alicyclic amines) is 1.